The Kier molecular flexibility index (Phi) is 7.18. The van der Waals surface area contributed by atoms with Crippen LogP contribution in [0, 0.1) is 0 Å². The maximum absolute atomic E-state index is 12.2. The van der Waals surface area contributed by atoms with Crippen molar-refractivity contribution in [2.24, 2.45) is 0 Å². The lowest BCUT2D eigenvalue weighted by atomic mass is 10.2. The first-order valence-corrected chi connectivity index (χ1v) is 8.32. The van der Waals surface area contributed by atoms with Crippen molar-refractivity contribution in [2.75, 3.05) is 23.8 Å². The minimum Gasteiger partial charge on any atom is -0.462 e. The summed E-state index contributed by atoms with van der Waals surface area (Å²) in [4.78, 5) is 35.4. The molecule has 0 atom stereocenters. The molecular formula is C19H20N2O6. The molecule has 0 spiro atoms. The Morgan fingerprint density at radius 1 is 0.852 bits per heavy atom. The van der Waals surface area contributed by atoms with Gasteiger partial charge in [0.1, 0.15) is 5.75 Å². The summed E-state index contributed by atoms with van der Waals surface area (Å²) in [6, 6.07) is 12.1. The van der Waals surface area contributed by atoms with Gasteiger partial charge in [0.15, 0.2) is 0 Å². The number of rotatable bonds is 6. The summed E-state index contributed by atoms with van der Waals surface area (Å²) in [7, 11) is 0. The fourth-order valence-electron chi connectivity index (χ4n) is 2.11. The van der Waals surface area contributed by atoms with Crippen molar-refractivity contribution in [3.63, 3.8) is 0 Å². The largest absolute Gasteiger partial charge is 0.513 e. The highest BCUT2D eigenvalue weighted by Crippen LogP contribution is 2.19. The number of nitrogens with one attached hydrogen (secondary N) is 2. The normalized spacial score (nSPS) is 9.85. The van der Waals surface area contributed by atoms with Gasteiger partial charge in [-0.3, -0.25) is 0 Å². The van der Waals surface area contributed by atoms with Crippen molar-refractivity contribution in [1.29, 1.82) is 0 Å². The topological polar surface area (TPSA) is 103 Å². The van der Waals surface area contributed by atoms with Crippen LogP contribution in [0.4, 0.5) is 21.0 Å². The van der Waals surface area contributed by atoms with E-state index in [1.165, 1.54) is 12.1 Å². The van der Waals surface area contributed by atoms with E-state index in [0.717, 1.165) is 0 Å². The number of anilines is 2. The summed E-state index contributed by atoms with van der Waals surface area (Å²) in [5.74, 6) is -0.235. The average Bonchev–Trinajstić information content (AvgIpc) is 2.64. The molecular weight excluding hydrogens is 352 g/mol. The minimum absolute atomic E-state index is 0.214. The number of hydrogen-bond acceptors (Lipinski definition) is 6. The second-order valence-corrected chi connectivity index (χ2v) is 5.15. The van der Waals surface area contributed by atoms with E-state index in [0.29, 0.717) is 11.4 Å². The van der Waals surface area contributed by atoms with Gasteiger partial charge in [0.25, 0.3) is 0 Å². The number of esters is 1. The molecule has 0 bridgehead atoms. The molecule has 2 aromatic carbocycles. The molecule has 2 aromatic rings. The van der Waals surface area contributed by atoms with Gasteiger partial charge in [0, 0.05) is 5.69 Å². The number of urea groups is 1. The van der Waals surface area contributed by atoms with Gasteiger partial charge in [-0.1, -0.05) is 12.1 Å². The number of benzene rings is 2. The van der Waals surface area contributed by atoms with Gasteiger partial charge in [-0.2, -0.15) is 0 Å². The van der Waals surface area contributed by atoms with E-state index in [1.807, 2.05) is 0 Å². The zero-order chi connectivity index (χ0) is 19.6. The SMILES string of the molecule is CCOC(=O)Oc1ccc(NC(=O)Nc2ccccc2C(=O)OCC)cc1. The summed E-state index contributed by atoms with van der Waals surface area (Å²) in [5.41, 5.74) is 1.06. The van der Waals surface area contributed by atoms with Crippen molar-refractivity contribution in [1.82, 2.24) is 0 Å². The average molecular weight is 372 g/mol. The molecule has 0 heterocycles. The van der Waals surface area contributed by atoms with Crippen LogP contribution in [-0.4, -0.2) is 31.4 Å². The molecule has 2 amide bonds. The number of carbonyl (C=O) groups excluding carboxylic acids is 3. The van der Waals surface area contributed by atoms with Gasteiger partial charge in [-0.05, 0) is 50.2 Å². The van der Waals surface area contributed by atoms with E-state index in [-0.39, 0.29) is 24.5 Å². The molecule has 8 nitrogen and oxygen atoms in total. The first kappa shape index (κ1) is 19.8. The van der Waals surface area contributed by atoms with Crippen LogP contribution in [-0.2, 0) is 9.47 Å². The monoisotopic (exact) mass is 372 g/mol. The molecule has 0 fully saturated rings. The zero-order valence-electron chi connectivity index (χ0n) is 15.0. The van der Waals surface area contributed by atoms with Crippen LogP contribution in [0.3, 0.4) is 0 Å². The lowest BCUT2D eigenvalue weighted by Gasteiger charge is -2.11. The van der Waals surface area contributed by atoms with E-state index in [1.54, 1.807) is 50.2 Å². The quantitative estimate of drug-likeness (QED) is 0.586. The number of hydrogen-bond donors (Lipinski definition) is 2. The van der Waals surface area contributed by atoms with Gasteiger partial charge in [-0.15, -0.1) is 0 Å². The Bertz CT molecular complexity index is 804. The van der Waals surface area contributed by atoms with Gasteiger partial charge >= 0.3 is 18.2 Å². The summed E-state index contributed by atoms with van der Waals surface area (Å²) >= 11 is 0. The summed E-state index contributed by atoms with van der Waals surface area (Å²) in [5, 5.41) is 5.23. The van der Waals surface area contributed by atoms with Gasteiger partial charge < -0.3 is 24.8 Å². The predicted octanol–water partition coefficient (Wildman–Crippen LogP) is 4.04. The first-order valence-electron chi connectivity index (χ1n) is 8.32. The Hall–Kier alpha value is -3.55. The van der Waals surface area contributed by atoms with Gasteiger partial charge in [0.2, 0.25) is 0 Å². The zero-order valence-corrected chi connectivity index (χ0v) is 15.0. The van der Waals surface area contributed by atoms with E-state index >= 15 is 0 Å². The maximum atomic E-state index is 12.2. The van der Waals surface area contributed by atoms with Crippen LogP contribution in [0.2, 0.25) is 0 Å². The highest BCUT2D eigenvalue weighted by molar-refractivity contribution is 6.05. The first-order chi connectivity index (χ1) is 13.0. The molecule has 0 aliphatic heterocycles. The summed E-state index contributed by atoms with van der Waals surface area (Å²) in [6.07, 6.45) is -0.800. The minimum atomic E-state index is -0.800. The molecule has 0 unspecified atom stereocenters. The van der Waals surface area contributed by atoms with Crippen molar-refractivity contribution in [2.45, 2.75) is 13.8 Å². The second kappa shape index (κ2) is 9.81. The van der Waals surface area contributed by atoms with E-state index in [4.69, 9.17) is 9.47 Å². The fraction of sp³-hybridized carbons (Fsp3) is 0.211. The lowest BCUT2D eigenvalue weighted by molar-refractivity contribution is 0.0527. The van der Waals surface area contributed by atoms with E-state index in [9.17, 15) is 14.4 Å². The summed E-state index contributed by atoms with van der Waals surface area (Å²) in [6.45, 7) is 3.83. The predicted molar refractivity (Wildman–Crippen MR) is 99.1 cm³/mol. The molecule has 27 heavy (non-hydrogen) atoms. The van der Waals surface area contributed by atoms with Crippen molar-refractivity contribution in [3.05, 3.63) is 54.1 Å². The molecule has 0 saturated heterocycles. The van der Waals surface area contributed by atoms with Crippen molar-refractivity contribution < 1.29 is 28.6 Å². The highest BCUT2D eigenvalue weighted by atomic mass is 16.7. The second-order valence-electron chi connectivity index (χ2n) is 5.15. The Labute approximate surface area is 156 Å². The lowest BCUT2D eigenvalue weighted by Crippen LogP contribution is -2.21. The third-order valence-corrected chi connectivity index (χ3v) is 3.25. The van der Waals surface area contributed by atoms with Crippen LogP contribution >= 0.6 is 0 Å². The number of para-hydroxylation sites is 1. The maximum Gasteiger partial charge on any atom is 0.513 e. The van der Waals surface area contributed by atoms with Crippen molar-refractivity contribution >= 4 is 29.5 Å². The standard InChI is InChI=1S/C19H20N2O6/c1-3-25-17(22)15-7-5-6-8-16(15)21-18(23)20-13-9-11-14(12-10-13)27-19(24)26-4-2/h5-12H,3-4H2,1-2H3,(H2,20,21,23). The fourth-order valence-corrected chi connectivity index (χ4v) is 2.11. The number of carbonyl (C=O) groups is 3. The Morgan fingerprint density at radius 3 is 2.19 bits per heavy atom. The molecule has 0 aliphatic carbocycles. The molecule has 0 aliphatic rings. The molecule has 2 rings (SSSR count). The Balaban J connectivity index is 1.98. The molecule has 8 heteroatoms. The highest BCUT2D eigenvalue weighted by Gasteiger charge is 2.14. The third-order valence-electron chi connectivity index (χ3n) is 3.25. The van der Waals surface area contributed by atoms with Crippen LogP contribution < -0.4 is 15.4 Å². The van der Waals surface area contributed by atoms with E-state index < -0.39 is 18.2 Å². The van der Waals surface area contributed by atoms with E-state index in [2.05, 4.69) is 15.4 Å². The number of ether oxygens (including phenoxy) is 3. The third kappa shape index (κ3) is 6.03. The van der Waals surface area contributed by atoms with Crippen molar-refractivity contribution in [3.8, 4) is 5.75 Å². The molecule has 142 valence electrons. The summed E-state index contributed by atoms with van der Waals surface area (Å²) < 4.78 is 14.6. The van der Waals surface area contributed by atoms with Crippen LogP contribution in [0.15, 0.2) is 48.5 Å². The smallest absolute Gasteiger partial charge is 0.462 e. The Morgan fingerprint density at radius 2 is 1.52 bits per heavy atom. The molecule has 0 saturated carbocycles. The van der Waals surface area contributed by atoms with Gasteiger partial charge in [-0.25, -0.2) is 14.4 Å². The van der Waals surface area contributed by atoms with Crippen LogP contribution in [0.5, 0.6) is 5.75 Å². The van der Waals surface area contributed by atoms with Gasteiger partial charge in [0.05, 0.1) is 24.5 Å². The number of amides is 2. The molecule has 0 radical (unpaired) electrons. The molecule has 2 N–H and O–H groups in total. The van der Waals surface area contributed by atoms with Crippen LogP contribution in [0.25, 0.3) is 0 Å². The van der Waals surface area contributed by atoms with Crippen LogP contribution in [0.1, 0.15) is 24.2 Å². The molecule has 0 aromatic heterocycles.